The Morgan fingerprint density at radius 2 is 1.57 bits per heavy atom. The fourth-order valence-corrected chi connectivity index (χ4v) is 4.29. The van der Waals surface area contributed by atoms with E-state index in [4.69, 9.17) is 14.2 Å². The van der Waals surface area contributed by atoms with E-state index in [1.165, 1.54) is 45.6 Å². The molecular formula is C21H26N2O6S. The molecule has 0 spiro atoms. The quantitative estimate of drug-likeness (QED) is 0.629. The van der Waals surface area contributed by atoms with Crippen molar-refractivity contribution in [1.29, 1.82) is 0 Å². The van der Waals surface area contributed by atoms with Gasteiger partial charge < -0.3 is 19.5 Å². The minimum absolute atomic E-state index is 0.0253. The van der Waals surface area contributed by atoms with Gasteiger partial charge in [-0.25, -0.2) is 13.1 Å². The lowest BCUT2D eigenvalue weighted by Gasteiger charge is -2.19. The van der Waals surface area contributed by atoms with Crippen LogP contribution < -0.4 is 24.2 Å². The largest absolute Gasteiger partial charge is 0.493 e. The second-order valence-electron chi connectivity index (χ2n) is 7.07. The van der Waals surface area contributed by atoms with Crippen molar-refractivity contribution in [3.05, 3.63) is 47.5 Å². The van der Waals surface area contributed by atoms with E-state index in [0.717, 1.165) is 18.4 Å². The summed E-state index contributed by atoms with van der Waals surface area (Å²) in [5, 5.41) is 2.90. The van der Waals surface area contributed by atoms with Gasteiger partial charge in [0.05, 0.1) is 32.3 Å². The number of hydrogen-bond acceptors (Lipinski definition) is 6. The molecule has 0 radical (unpaired) electrons. The molecule has 8 nitrogen and oxygen atoms in total. The third-order valence-corrected chi connectivity index (χ3v) is 6.40. The summed E-state index contributed by atoms with van der Waals surface area (Å²) in [6.45, 7) is 1.83. The van der Waals surface area contributed by atoms with Crippen molar-refractivity contribution in [3.63, 3.8) is 0 Å². The van der Waals surface area contributed by atoms with E-state index in [0.29, 0.717) is 22.8 Å². The predicted octanol–water partition coefficient (Wildman–Crippen LogP) is 2.64. The molecule has 2 N–H and O–H groups in total. The van der Waals surface area contributed by atoms with Crippen molar-refractivity contribution in [3.8, 4) is 17.2 Å². The highest BCUT2D eigenvalue weighted by Gasteiger charge is 2.28. The Kier molecular flexibility index (Phi) is 6.52. The fraction of sp³-hybridized carbons (Fsp3) is 0.381. The first-order chi connectivity index (χ1) is 14.3. The first-order valence-electron chi connectivity index (χ1n) is 9.52. The van der Waals surface area contributed by atoms with Gasteiger partial charge in [-0.15, -0.1) is 0 Å². The van der Waals surface area contributed by atoms with Crippen LogP contribution in [0.15, 0.2) is 41.3 Å². The lowest BCUT2D eigenvalue weighted by atomic mass is 10.1. The molecule has 1 aliphatic carbocycles. The number of ether oxygens (including phenoxy) is 3. The van der Waals surface area contributed by atoms with Crippen LogP contribution in [0.3, 0.4) is 0 Å². The van der Waals surface area contributed by atoms with Gasteiger partial charge in [-0.3, -0.25) is 4.79 Å². The van der Waals surface area contributed by atoms with Crippen LogP contribution in [-0.2, 0) is 10.0 Å². The summed E-state index contributed by atoms with van der Waals surface area (Å²) in [5.74, 6) is 1.13. The zero-order valence-electron chi connectivity index (χ0n) is 17.4. The first kappa shape index (κ1) is 21.9. The van der Waals surface area contributed by atoms with Crippen LogP contribution >= 0.6 is 0 Å². The van der Waals surface area contributed by atoms with E-state index >= 15 is 0 Å². The average Bonchev–Trinajstić information content (AvgIpc) is 3.55. The molecule has 0 heterocycles. The van der Waals surface area contributed by atoms with E-state index in [1.807, 2.05) is 6.92 Å². The van der Waals surface area contributed by atoms with Gasteiger partial charge in [0.25, 0.3) is 5.91 Å². The smallest absolute Gasteiger partial charge is 0.251 e. The number of hydrogen-bond donors (Lipinski definition) is 2. The Hall–Kier alpha value is -2.78. The van der Waals surface area contributed by atoms with Crippen LogP contribution in [0.2, 0.25) is 0 Å². The summed E-state index contributed by atoms with van der Waals surface area (Å²) in [4.78, 5) is 12.8. The molecule has 1 amide bonds. The predicted molar refractivity (Wildman–Crippen MR) is 112 cm³/mol. The minimum atomic E-state index is -3.55. The summed E-state index contributed by atoms with van der Waals surface area (Å²) in [6.07, 6.45) is 1.72. The van der Waals surface area contributed by atoms with Crippen LogP contribution in [0.1, 0.15) is 41.7 Å². The van der Waals surface area contributed by atoms with Crippen LogP contribution in [0.4, 0.5) is 0 Å². The SMILES string of the molecule is COc1cc(C(C)NC(=O)c2ccc(S(=O)(=O)NC3CC3)cc2)cc(OC)c1OC. The van der Waals surface area contributed by atoms with Crippen LogP contribution in [0.5, 0.6) is 17.2 Å². The van der Waals surface area contributed by atoms with E-state index in [9.17, 15) is 13.2 Å². The lowest BCUT2D eigenvalue weighted by molar-refractivity contribution is 0.0939. The molecule has 0 bridgehead atoms. The average molecular weight is 435 g/mol. The van der Waals surface area contributed by atoms with Gasteiger partial charge >= 0.3 is 0 Å². The van der Waals surface area contributed by atoms with Gasteiger partial charge in [-0.05, 0) is 61.7 Å². The van der Waals surface area contributed by atoms with Crippen LogP contribution in [0.25, 0.3) is 0 Å². The number of carbonyl (C=O) groups is 1. The third-order valence-electron chi connectivity index (χ3n) is 4.86. The van der Waals surface area contributed by atoms with Gasteiger partial charge in [-0.2, -0.15) is 0 Å². The number of rotatable bonds is 9. The second kappa shape index (κ2) is 8.93. The van der Waals surface area contributed by atoms with Crippen molar-refractivity contribution in [2.45, 2.75) is 36.7 Å². The highest BCUT2D eigenvalue weighted by molar-refractivity contribution is 7.89. The maximum Gasteiger partial charge on any atom is 0.251 e. The fourth-order valence-electron chi connectivity index (χ4n) is 2.99. The van der Waals surface area contributed by atoms with Crippen molar-refractivity contribution < 1.29 is 27.4 Å². The topological polar surface area (TPSA) is 103 Å². The summed E-state index contributed by atoms with van der Waals surface area (Å²) in [7, 11) is 1.03. The summed E-state index contributed by atoms with van der Waals surface area (Å²) < 4.78 is 43.2. The molecule has 9 heteroatoms. The van der Waals surface area contributed by atoms with Gasteiger partial charge in [0.2, 0.25) is 15.8 Å². The van der Waals surface area contributed by atoms with Crippen molar-refractivity contribution >= 4 is 15.9 Å². The summed E-state index contributed by atoms with van der Waals surface area (Å²) in [6, 6.07) is 9.07. The molecule has 1 aliphatic rings. The van der Waals surface area contributed by atoms with Gasteiger partial charge in [0, 0.05) is 11.6 Å². The third kappa shape index (κ3) is 4.85. The zero-order chi connectivity index (χ0) is 21.9. The first-order valence-corrected chi connectivity index (χ1v) is 11.0. The number of benzene rings is 2. The molecule has 3 rings (SSSR count). The number of sulfonamides is 1. The Morgan fingerprint density at radius 3 is 2.03 bits per heavy atom. The van der Waals surface area contributed by atoms with Gasteiger partial charge in [0.1, 0.15) is 0 Å². The molecule has 0 aliphatic heterocycles. The normalized spacial score (nSPS) is 14.7. The zero-order valence-corrected chi connectivity index (χ0v) is 18.2. The van der Waals surface area contributed by atoms with Crippen LogP contribution in [0, 0.1) is 0 Å². The Labute approximate surface area is 176 Å². The molecular weight excluding hydrogens is 408 g/mol. The lowest BCUT2D eigenvalue weighted by Crippen LogP contribution is -2.27. The number of amides is 1. The monoisotopic (exact) mass is 434 g/mol. The molecule has 1 fully saturated rings. The van der Waals surface area contributed by atoms with Gasteiger partial charge in [-0.1, -0.05) is 0 Å². The van der Waals surface area contributed by atoms with E-state index in [-0.39, 0.29) is 22.9 Å². The highest BCUT2D eigenvalue weighted by atomic mass is 32.2. The van der Waals surface area contributed by atoms with Gasteiger partial charge in [0.15, 0.2) is 11.5 Å². The second-order valence-corrected chi connectivity index (χ2v) is 8.79. The van der Waals surface area contributed by atoms with Crippen LogP contribution in [-0.4, -0.2) is 41.7 Å². The molecule has 1 unspecified atom stereocenters. The summed E-state index contributed by atoms with van der Waals surface area (Å²) >= 11 is 0. The molecule has 162 valence electrons. The Bertz CT molecular complexity index is 991. The van der Waals surface area contributed by atoms with Crippen molar-refractivity contribution in [2.24, 2.45) is 0 Å². The molecule has 2 aromatic carbocycles. The van der Waals surface area contributed by atoms with Crippen molar-refractivity contribution in [1.82, 2.24) is 10.0 Å². The number of methoxy groups -OCH3 is 3. The highest BCUT2D eigenvalue weighted by Crippen LogP contribution is 2.39. The molecule has 2 aromatic rings. The molecule has 1 saturated carbocycles. The van der Waals surface area contributed by atoms with E-state index in [2.05, 4.69) is 10.0 Å². The van der Waals surface area contributed by atoms with Crippen molar-refractivity contribution in [2.75, 3.05) is 21.3 Å². The Morgan fingerprint density at radius 1 is 1.00 bits per heavy atom. The molecule has 30 heavy (non-hydrogen) atoms. The maximum atomic E-state index is 12.6. The number of carbonyl (C=O) groups excluding carboxylic acids is 1. The van der Waals surface area contributed by atoms with E-state index < -0.39 is 10.0 Å². The Balaban J connectivity index is 1.74. The molecule has 0 saturated heterocycles. The minimum Gasteiger partial charge on any atom is -0.493 e. The van der Waals surface area contributed by atoms with E-state index in [1.54, 1.807) is 12.1 Å². The maximum absolute atomic E-state index is 12.6. The standard InChI is InChI=1S/C21H26N2O6S/c1-13(15-11-18(27-2)20(29-4)19(12-15)28-3)22-21(24)14-5-9-17(10-6-14)30(25,26)23-16-7-8-16/h5-6,9-13,16,23H,7-8H2,1-4H3,(H,22,24). The molecule has 1 atom stereocenters. The molecule has 0 aromatic heterocycles. The summed E-state index contributed by atoms with van der Waals surface area (Å²) in [5.41, 5.74) is 1.13. The number of nitrogens with one attached hydrogen (secondary N) is 2.